The maximum Gasteiger partial charge on any atom is 0.0543 e. The van der Waals surface area contributed by atoms with Gasteiger partial charge in [0.05, 0.1) is 5.69 Å². The minimum Gasteiger partial charge on any atom is -0.326 e. The predicted molar refractivity (Wildman–Crippen MR) is 89.1 cm³/mol. The summed E-state index contributed by atoms with van der Waals surface area (Å²) < 4.78 is 1.32. The van der Waals surface area contributed by atoms with Gasteiger partial charge in [-0.25, -0.2) is 0 Å². The van der Waals surface area contributed by atoms with Gasteiger partial charge in [-0.15, -0.1) is 11.3 Å². The first-order valence-corrected chi connectivity index (χ1v) is 7.87. The molecule has 0 radical (unpaired) electrons. The van der Waals surface area contributed by atoms with Crippen LogP contribution in [0.2, 0.25) is 0 Å². The minimum absolute atomic E-state index is 0.603. The van der Waals surface area contributed by atoms with Gasteiger partial charge in [-0.1, -0.05) is 24.3 Å². The summed E-state index contributed by atoms with van der Waals surface area (Å²) in [5.74, 6) is 0. The summed E-state index contributed by atoms with van der Waals surface area (Å²) in [4.78, 5) is 7.96. The number of nitrogens with two attached hydrogens (primary N) is 1. The van der Waals surface area contributed by atoms with Gasteiger partial charge < -0.3 is 5.73 Å². The molecule has 0 aliphatic rings. The van der Waals surface area contributed by atoms with E-state index in [2.05, 4.69) is 47.3 Å². The average molecular weight is 297 g/mol. The molecule has 0 aliphatic carbocycles. The number of hydrogen-bond donors (Lipinski definition) is 1. The molecular formula is C17H19N3S. The molecule has 0 saturated carbocycles. The Bertz CT molecular complexity index is 721. The molecule has 2 N–H and O–H groups in total. The molecule has 0 aliphatic heterocycles. The zero-order valence-electron chi connectivity index (χ0n) is 12.1. The summed E-state index contributed by atoms with van der Waals surface area (Å²) in [6.45, 7) is 2.34. The van der Waals surface area contributed by atoms with Gasteiger partial charge in [0.1, 0.15) is 0 Å². The standard InChI is InChI=1S/C17H19N3S/c1-20(11-13-6-4-5-9-19-13)12-15-14-7-2-3-8-16(14)21-17(15)10-18/h2-9H,10-12,18H2,1H3. The predicted octanol–water partition coefficient (Wildman–Crippen LogP) is 3.39. The first-order valence-electron chi connectivity index (χ1n) is 7.05. The van der Waals surface area contributed by atoms with Crippen LogP contribution in [0, 0.1) is 0 Å². The van der Waals surface area contributed by atoms with Crippen molar-refractivity contribution in [1.82, 2.24) is 9.88 Å². The van der Waals surface area contributed by atoms with Crippen LogP contribution < -0.4 is 5.73 Å². The normalized spacial score (nSPS) is 11.4. The lowest BCUT2D eigenvalue weighted by Gasteiger charge is -2.17. The lowest BCUT2D eigenvalue weighted by atomic mass is 10.1. The van der Waals surface area contributed by atoms with Gasteiger partial charge in [0, 0.05) is 35.4 Å². The van der Waals surface area contributed by atoms with Gasteiger partial charge >= 0.3 is 0 Å². The monoisotopic (exact) mass is 297 g/mol. The van der Waals surface area contributed by atoms with Crippen molar-refractivity contribution in [3.05, 3.63) is 64.8 Å². The van der Waals surface area contributed by atoms with Gasteiger partial charge in [0.25, 0.3) is 0 Å². The molecule has 0 unspecified atom stereocenters. The number of pyridine rings is 1. The number of thiophene rings is 1. The lowest BCUT2D eigenvalue weighted by Crippen LogP contribution is -2.18. The van der Waals surface area contributed by atoms with Crippen molar-refractivity contribution in [2.24, 2.45) is 5.73 Å². The van der Waals surface area contributed by atoms with E-state index >= 15 is 0 Å². The van der Waals surface area contributed by atoms with Gasteiger partial charge in [-0.05, 0) is 36.2 Å². The summed E-state index contributed by atoms with van der Waals surface area (Å²) in [6, 6.07) is 14.6. The maximum atomic E-state index is 5.92. The fourth-order valence-corrected chi connectivity index (χ4v) is 3.68. The Labute approximate surface area is 129 Å². The number of aromatic nitrogens is 1. The molecule has 1 aromatic carbocycles. The van der Waals surface area contributed by atoms with Gasteiger partial charge in [-0.3, -0.25) is 9.88 Å². The summed E-state index contributed by atoms with van der Waals surface area (Å²) in [6.07, 6.45) is 1.84. The second kappa shape index (κ2) is 6.35. The van der Waals surface area contributed by atoms with Crippen molar-refractivity contribution in [1.29, 1.82) is 0 Å². The lowest BCUT2D eigenvalue weighted by molar-refractivity contribution is 0.316. The Morgan fingerprint density at radius 2 is 1.90 bits per heavy atom. The van der Waals surface area contributed by atoms with E-state index in [0.29, 0.717) is 6.54 Å². The molecule has 21 heavy (non-hydrogen) atoms. The molecule has 3 rings (SSSR count). The zero-order chi connectivity index (χ0) is 14.7. The number of benzene rings is 1. The quantitative estimate of drug-likeness (QED) is 0.785. The second-order valence-corrected chi connectivity index (χ2v) is 6.33. The molecular weight excluding hydrogens is 278 g/mol. The van der Waals surface area contributed by atoms with E-state index in [1.54, 1.807) is 11.3 Å². The average Bonchev–Trinajstić information content (AvgIpc) is 2.86. The SMILES string of the molecule is CN(Cc1ccccn1)Cc1c(CN)sc2ccccc12. The largest absolute Gasteiger partial charge is 0.326 e. The summed E-state index contributed by atoms with van der Waals surface area (Å²) in [5, 5.41) is 1.33. The van der Waals surface area contributed by atoms with Crippen molar-refractivity contribution in [2.75, 3.05) is 7.05 Å². The highest BCUT2D eigenvalue weighted by molar-refractivity contribution is 7.19. The van der Waals surface area contributed by atoms with Crippen LogP contribution in [-0.4, -0.2) is 16.9 Å². The molecule has 2 heterocycles. The van der Waals surface area contributed by atoms with Crippen molar-refractivity contribution in [2.45, 2.75) is 19.6 Å². The summed E-state index contributed by atoms with van der Waals surface area (Å²) >= 11 is 1.80. The van der Waals surface area contributed by atoms with E-state index in [-0.39, 0.29) is 0 Å². The molecule has 108 valence electrons. The van der Waals surface area contributed by atoms with E-state index in [4.69, 9.17) is 5.73 Å². The van der Waals surface area contributed by atoms with Crippen LogP contribution in [-0.2, 0) is 19.6 Å². The van der Waals surface area contributed by atoms with Crippen LogP contribution in [0.1, 0.15) is 16.1 Å². The molecule has 2 aromatic heterocycles. The zero-order valence-corrected chi connectivity index (χ0v) is 12.9. The van der Waals surface area contributed by atoms with Crippen LogP contribution in [0.15, 0.2) is 48.7 Å². The molecule has 0 saturated heterocycles. The summed E-state index contributed by atoms with van der Waals surface area (Å²) in [5.41, 5.74) is 8.37. The van der Waals surface area contributed by atoms with Crippen LogP contribution >= 0.6 is 11.3 Å². The molecule has 0 atom stereocenters. The molecule has 0 spiro atoms. The second-order valence-electron chi connectivity index (χ2n) is 5.20. The van der Waals surface area contributed by atoms with E-state index < -0.39 is 0 Å². The van der Waals surface area contributed by atoms with E-state index in [9.17, 15) is 0 Å². The number of fused-ring (bicyclic) bond motifs is 1. The van der Waals surface area contributed by atoms with Gasteiger partial charge in [0.2, 0.25) is 0 Å². The fraction of sp³-hybridized carbons (Fsp3) is 0.235. The molecule has 0 bridgehead atoms. The third-order valence-corrected chi connectivity index (χ3v) is 4.79. The maximum absolute atomic E-state index is 5.92. The van der Waals surface area contributed by atoms with Gasteiger partial charge in [0.15, 0.2) is 0 Å². The Morgan fingerprint density at radius 1 is 1.10 bits per heavy atom. The van der Waals surface area contributed by atoms with Crippen molar-refractivity contribution >= 4 is 21.4 Å². The Morgan fingerprint density at radius 3 is 2.67 bits per heavy atom. The van der Waals surface area contributed by atoms with Crippen LogP contribution in [0.25, 0.3) is 10.1 Å². The third kappa shape index (κ3) is 3.13. The first-order chi connectivity index (χ1) is 10.3. The molecule has 4 heteroatoms. The highest BCUT2D eigenvalue weighted by atomic mass is 32.1. The number of nitrogens with zero attached hydrogens (tertiary/aromatic N) is 2. The molecule has 0 fully saturated rings. The Hall–Kier alpha value is -1.75. The van der Waals surface area contributed by atoms with Crippen molar-refractivity contribution in [3.63, 3.8) is 0 Å². The van der Waals surface area contributed by atoms with Crippen molar-refractivity contribution < 1.29 is 0 Å². The molecule has 0 amide bonds. The number of hydrogen-bond acceptors (Lipinski definition) is 4. The van der Waals surface area contributed by atoms with E-state index in [1.807, 2.05) is 18.3 Å². The molecule has 3 nitrogen and oxygen atoms in total. The van der Waals surface area contributed by atoms with Gasteiger partial charge in [-0.2, -0.15) is 0 Å². The van der Waals surface area contributed by atoms with Crippen molar-refractivity contribution in [3.8, 4) is 0 Å². The topological polar surface area (TPSA) is 42.2 Å². The van der Waals surface area contributed by atoms with E-state index in [0.717, 1.165) is 18.8 Å². The highest BCUT2D eigenvalue weighted by Crippen LogP contribution is 2.31. The fourth-order valence-electron chi connectivity index (χ4n) is 2.58. The summed E-state index contributed by atoms with van der Waals surface area (Å²) in [7, 11) is 2.13. The Balaban J connectivity index is 1.84. The minimum atomic E-state index is 0.603. The highest BCUT2D eigenvalue weighted by Gasteiger charge is 2.13. The Kier molecular flexibility index (Phi) is 4.29. The third-order valence-electron chi connectivity index (χ3n) is 3.55. The van der Waals surface area contributed by atoms with Crippen LogP contribution in [0.5, 0.6) is 0 Å². The smallest absolute Gasteiger partial charge is 0.0543 e. The van der Waals surface area contributed by atoms with Crippen LogP contribution in [0.4, 0.5) is 0 Å². The number of rotatable bonds is 5. The van der Waals surface area contributed by atoms with E-state index in [1.165, 1.54) is 20.5 Å². The molecule has 3 aromatic rings. The van der Waals surface area contributed by atoms with Crippen LogP contribution in [0.3, 0.4) is 0 Å². The first kappa shape index (κ1) is 14.2.